The van der Waals surface area contributed by atoms with E-state index in [1.165, 1.54) is 18.9 Å². The van der Waals surface area contributed by atoms with Crippen LogP contribution in [0.1, 0.15) is 45.4 Å². The summed E-state index contributed by atoms with van der Waals surface area (Å²) < 4.78 is 0. The average molecular weight is 310 g/mol. The topological polar surface area (TPSA) is 77.9 Å². The molecule has 2 aliphatic rings. The van der Waals surface area contributed by atoms with Crippen LogP contribution in [0.3, 0.4) is 0 Å². The molecule has 1 saturated carbocycles. The summed E-state index contributed by atoms with van der Waals surface area (Å²) in [7, 11) is 1.52. The Morgan fingerprint density at radius 3 is 2.14 bits per heavy atom. The van der Waals surface area contributed by atoms with Gasteiger partial charge in [0, 0.05) is 32.0 Å². The van der Waals surface area contributed by atoms with E-state index in [1.54, 1.807) is 0 Å². The van der Waals surface area contributed by atoms with Crippen molar-refractivity contribution in [2.24, 2.45) is 11.8 Å². The van der Waals surface area contributed by atoms with Gasteiger partial charge in [0.25, 0.3) is 0 Å². The van der Waals surface area contributed by atoms with Crippen LogP contribution in [-0.4, -0.2) is 58.9 Å². The van der Waals surface area contributed by atoms with Gasteiger partial charge in [-0.2, -0.15) is 0 Å². The summed E-state index contributed by atoms with van der Waals surface area (Å²) in [4.78, 5) is 39.6. The molecule has 0 aromatic rings. The van der Waals surface area contributed by atoms with Crippen LogP contribution in [0.2, 0.25) is 0 Å². The van der Waals surface area contributed by atoms with Crippen molar-refractivity contribution in [3.8, 4) is 0 Å². The molecule has 1 aliphatic heterocycles. The van der Waals surface area contributed by atoms with E-state index in [1.807, 2.05) is 4.90 Å². The second kappa shape index (κ2) is 7.11. The zero-order valence-electron chi connectivity index (χ0n) is 13.5. The number of carboxylic acid groups (broad SMARTS) is 1. The summed E-state index contributed by atoms with van der Waals surface area (Å²) in [5.74, 6) is -1.77. The lowest BCUT2D eigenvalue weighted by molar-refractivity contribution is -0.153. The summed E-state index contributed by atoms with van der Waals surface area (Å²) in [6, 6.07) is -0.864. The van der Waals surface area contributed by atoms with Crippen LogP contribution in [0.15, 0.2) is 0 Å². The maximum atomic E-state index is 12.7. The first-order valence-corrected chi connectivity index (χ1v) is 8.21. The molecule has 1 aliphatic carbocycles. The number of aliphatic carboxylic acids is 1. The molecule has 6 nitrogen and oxygen atoms in total. The number of nitrogens with zero attached hydrogens (tertiary/aromatic N) is 2. The van der Waals surface area contributed by atoms with E-state index in [2.05, 4.69) is 0 Å². The number of carbonyl (C=O) groups is 3. The van der Waals surface area contributed by atoms with Gasteiger partial charge in [0.05, 0.1) is 0 Å². The van der Waals surface area contributed by atoms with Crippen molar-refractivity contribution in [1.82, 2.24) is 9.80 Å². The minimum atomic E-state index is -1.02. The van der Waals surface area contributed by atoms with Crippen LogP contribution in [0, 0.1) is 11.8 Å². The van der Waals surface area contributed by atoms with Crippen LogP contribution in [0.5, 0.6) is 0 Å². The molecule has 0 radical (unpaired) electrons. The average Bonchev–Trinajstić information content (AvgIpc) is 3.06. The molecule has 0 aromatic heterocycles. The number of likely N-dealkylation sites (N-methyl/N-ethyl adjacent to an activating group) is 1. The number of carbonyl (C=O) groups excluding carboxylic acids is 2. The lowest BCUT2D eigenvalue weighted by atomic mass is 9.77. The molecule has 0 spiro atoms. The number of likely N-dealkylation sites (tertiary alicyclic amines) is 1. The molecule has 3 unspecified atom stereocenters. The largest absolute Gasteiger partial charge is 0.480 e. The lowest BCUT2D eigenvalue weighted by Gasteiger charge is -2.35. The molecule has 22 heavy (non-hydrogen) atoms. The van der Waals surface area contributed by atoms with E-state index in [9.17, 15) is 14.4 Å². The summed E-state index contributed by atoms with van der Waals surface area (Å²) in [6.45, 7) is 3.08. The summed E-state index contributed by atoms with van der Waals surface area (Å²) >= 11 is 0. The molecule has 2 fully saturated rings. The van der Waals surface area contributed by atoms with Gasteiger partial charge < -0.3 is 14.9 Å². The van der Waals surface area contributed by atoms with Gasteiger partial charge >= 0.3 is 5.97 Å². The van der Waals surface area contributed by atoms with Crippen molar-refractivity contribution in [3.63, 3.8) is 0 Å². The molecule has 3 atom stereocenters. The van der Waals surface area contributed by atoms with E-state index < -0.39 is 12.0 Å². The quantitative estimate of drug-likeness (QED) is 0.850. The van der Waals surface area contributed by atoms with Crippen LogP contribution < -0.4 is 0 Å². The third kappa shape index (κ3) is 3.42. The zero-order chi connectivity index (χ0) is 16.3. The SMILES string of the molecule is CC(C(=O)O)N(C)C(=O)C1CCCCC1C(=O)N1CCCC1. The maximum Gasteiger partial charge on any atom is 0.326 e. The van der Waals surface area contributed by atoms with Crippen molar-refractivity contribution >= 4 is 17.8 Å². The Hall–Kier alpha value is -1.59. The monoisotopic (exact) mass is 310 g/mol. The van der Waals surface area contributed by atoms with Gasteiger partial charge in [0.15, 0.2) is 0 Å². The second-order valence-electron chi connectivity index (χ2n) is 6.49. The molecule has 2 rings (SSSR count). The van der Waals surface area contributed by atoms with Crippen LogP contribution >= 0.6 is 0 Å². The van der Waals surface area contributed by atoms with E-state index >= 15 is 0 Å². The van der Waals surface area contributed by atoms with Gasteiger partial charge in [0.2, 0.25) is 11.8 Å². The summed E-state index contributed by atoms with van der Waals surface area (Å²) in [6.07, 6.45) is 5.38. The molecule has 2 amide bonds. The second-order valence-corrected chi connectivity index (χ2v) is 6.49. The highest BCUT2D eigenvalue weighted by Crippen LogP contribution is 2.33. The third-order valence-corrected chi connectivity index (χ3v) is 5.10. The highest BCUT2D eigenvalue weighted by molar-refractivity contribution is 5.90. The Morgan fingerprint density at radius 1 is 1.05 bits per heavy atom. The van der Waals surface area contributed by atoms with Crippen LogP contribution in [-0.2, 0) is 14.4 Å². The van der Waals surface area contributed by atoms with Gasteiger partial charge in [0.1, 0.15) is 6.04 Å². The van der Waals surface area contributed by atoms with Crippen molar-refractivity contribution in [2.45, 2.75) is 51.5 Å². The zero-order valence-corrected chi connectivity index (χ0v) is 13.5. The number of carboxylic acids is 1. The molecule has 124 valence electrons. The number of rotatable bonds is 4. The Kier molecular flexibility index (Phi) is 5.42. The van der Waals surface area contributed by atoms with Crippen molar-refractivity contribution < 1.29 is 19.5 Å². The van der Waals surface area contributed by atoms with E-state index in [0.29, 0.717) is 6.42 Å². The third-order valence-electron chi connectivity index (χ3n) is 5.10. The molecular weight excluding hydrogens is 284 g/mol. The Morgan fingerprint density at radius 2 is 1.59 bits per heavy atom. The van der Waals surface area contributed by atoms with Gasteiger partial charge in [-0.25, -0.2) is 4.79 Å². The van der Waals surface area contributed by atoms with E-state index in [4.69, 9.17) is 5.11 Å². The molecule has 6 heteroatoms. The number of hydrogen-bond donors (Lipinski definition) is 1. The smallest absolute Gasteiger partial charge is 0.326 e. The van der Waals surface area contributed by atoms with Gasteiger partial charge in [-0.15, -0.1) is 0 Å². The maximum absolute atomic E-state index is 12.7. The standard InChI is InChI=1S/C16H26N2O4/c1-11(16(21)22)17(2)14(19)12-7-3-4-8-13(12)15(20)18-9-5-6-10-18/h11-13H,3-10H2,1-2H3,(H,21,22). The van der Waals surface area contributed by atoms with Gasteiger partial charge in [-0.1, -0.05) is 12.8 Å². The van der Waals surface area contributed by atoms with Crippen molar-refractivity contribution in [2.75, 3.05) is 20.1 Å². The molecule has 1 saturated heterocycles. The minimum Gasteiger partial charge on any atom is -0.480 e. The van der Waals surface area contributed by atoms with Crippen molar-refractivity contribution in [3.05, 3.63) is 0 Å². The van der Waals surface area contributed by atoms with E-state index in [-0.39, 0.29) is 23.7 Å². The minimum absolute atomic E-state index is 0.0897. The molecule has 1 heterocycles. The summed E-state index contributed by atoms with van der Waals surface area (Å²) in [5, 5.41) is 9.08. The van der Waals surface area contributed by atoms with Crippen LogP contribution in [0.25, 0.3) is 0 Å². The fourth-order valence-corrected chi connectivity index (χ4v) is 3.51. The Balaban J connectivity index is 2.10. The van der Waals surface area contributed by atoms with Crippen molar-refractivity contribution in [1.29, 1.82) is 0 Å². The van der Waals surface area contributed by atoms with E-state index in [0.717, 1.165) is 45.2 Å². The van der Waals surface area contributed by atoms with Gasteiger partial charge in [-0.05, 0) is 32.6 Å². The number of amides is 2. The molecule has 0 aromatic carbocycles. The van der Waals surface area contributed by atoms with Crippen LogP contribution in [0.4, 0.5) is 0 Å². The fourth-order valence-electron chi connectivity index (χ4n) is 3.51. The highest BCUT2D eigenvalue weighted by Gasteiger charge is 2.40. The summed E-state index contributed by atoms with van der Waals surface area (Å²) in [5.41, 5.74) is 0. The lowest BCUT2D eigenvalue weighted by Crippen LogP contribution is -2.48. The number of hydrogen-bond acceptors (Lipinski definition) is 3. The first-order valence-electron chi connectivity index (χ1n) is 8.21. The highest BCUT2D eigenvalue weighted by atomic mass is 16.4. The fraction of sp³-hybridized carbons (Fsp3) is 0.812. The first kappa shape index (κ1) is 16.8. The Labute approximate surface area is 131 Å². The van der Waals surface area contributed by atoms with Gasteiger partial charge in [-0.3, -0.25) is 9.59 Å². The predicted molar refractivity (Wildman–Crippen MR) is 81.1 cm³/mol. The molecule has 0 bridgehead atoms. The molecule has 1 N–H and O–H groups in total. The molecular formula is C16H26N2O4. The normalized spacial score (nSPS) is 26.5. The predicted octanol–water partition coefficient (Wildman–Crippen LogP) is 1.35. The Bertz CT molecular complexity index is 445. The first-order chi connectivity index (χ1) is 10.4.